The Labute approximate surface area is 82.3 Å². The fourth-order valence-corrected chi connectivity index (χ4v) is 1.47. The van der Waals surface area contributed by atoms with E-state index in [-0.39, 0.29) is 0 Å². The molecular weight excluding hydrogens is 178 g/mol. The number of aromatic nitrogens is 2. The number of ether oxygens (including phenoxy) is 1. The zero-order valence-electron chi connectivity index (χ0n) is 8.10. The van der Waals surface area contributed by atoms with Crippen molar-refractivity contribution in [1.29, 1.82) is 0 Å². The lowest BCUT2D eigenvalue weighted by molar-refractivity contribution is 0.186. The van der Waals surface area contributed by atoms with E-state index >= 15 is 0 Å². The number of nitrogens with zero attached hydrogens (tertiary/aromatic N) is 2. The lowest BCUT2D eigenvalue weighted by Crippen LogP contribution is -1.98. The molecule has 0 radical (unpaired) electrons. The van der Waals surface area contributed by atoms with Crippen molar-refractivity contribution in [2.45, 2.75) is 13.2 Å². The molecule has 0 atom stereocenters. The van der Waals surface area contributed by atoms with Crippen LogP contribution in [0.5, 0.6) is 0 Å². The van der Waals surface area contributed by atoms with Gasteiger partial charge in [0.2, 0.25) is 0 Å². The summed E-state index contributed by atoms with van der Waals surface area (Å²) in [5, 5.41) is 4.21. The van der Waals surface area contributed by atoms with Gasteiger partial charge in [-0.1, -0.05) is 0 Å². The van der Waals surface area contributed by atoms with Crippen molar-refractivity contribution < 1.29 is 4.74 Å². The smallest absolute Gasteiger partial charge is 0.0750 e. The van der Waals surface area contributed by atoms with Crippen molar-refractivity contribution in [3.05, 3.63) is 35.7 Å². The van der Waals surface area contributed by atoms with E-state index in [1.165, 1.54) is 0 Å². The molecule has 2 aromatic heterocycles. The van der Waals surface area contributed by atoms with Crippen molar-refractivity contribution in [2.24, 2.45) is 5.73 Å². The third-order valence-corrected chi connectivity index (χ3v) is 2.20. The first kappa shape index (κ1) is 9.18. The first-order valence-corrected chi connectivity index (χ1v) is 4.49. The standard InChI is InChI=1S/C10H13N3O/c1-14-7-9-6-12-13-3-2-8(5-11)4-10(9)13/h2-4,6H,5,7,11H2,1H3. The summed E-state index contributed by atoms with van der Waals surface area (Å²) in [6.07, 6.45) is 3.73. The quantitative estimate of drug-likeness (QED) is 0.785. The molecule has 0 unspecified atom stereocenters. The van der Waals surface area contributed by atoms with Crippen molar-refractivity contribution in [1.82, 2.24) is 9.61 Å². The highest BCUT2D eigenvalue weighted by molar-refractivity contribution is 5.54. The lowest BCUT2D eigenvalue weighted by atomic mass is 10.2. The number of fused-ring (bicyclic) bond motifs is 1. The fourth-order valence-electron chi connectivity index (χ4n) is 1.47. The number of hydrogen-bond acceptors (Lipinski definition) is 3. The van der Waals surface area contributed by atoms with Gasteiger partial charge < -0.3 is 10.5 Å². The number of rotatable bonds is 3. The van der Waals surface area contributed by atoms with Crippen LogP contribution in [0, 0.1) is 0 Å². The van der Waals surface area contributed by atoms with Gasteiger partial charge >= 0.3 is 0 Å². The summed E-state index contributed by atoms with van der Waals surface area (Å²) in [5.41, 5.74) is 8.83. The minimum atomic E-state index is 0.550. The molecule has 0 amide bonds. The second-order valence-electron chi connectivity index (χ2n) is 3.17. The van der Waals surface area contributed by atoms with E-state index < -0.39 is 0 Å². The number of pyridine rings is 1. The van der Waals surface area contributed by atoms with Crippen LogP contribution in [0.25, 0.3) is 5.52 Å². The van der Waals surface area contributed by atoms with Gasteiger partial charge in [0, 0.05) is 25.4 Å². The van der Waals surface area contributed by atoms with Crippen LogP contribution >= 0.6 is 0 Å². The van der Waals surface area contributed by atoms with Crippen molar-refractivity contribution in [2.75, 3.05) is 7.11 Å². The molecule has 0 bridgehead atoms. The van der Waals surface area contributed by atoms with E-state index in [0.29, 0.717) is 13.2 Å². The lowest BCUT2D eigenvalue weighted by Gasteiger charge is -2.00. The molecule has 0 spiro atoms. The molecule has 0 saturated carbocycles. The second-order valence-corrected chi connectivity index (χ2v) is 3.17. The molecule has 2 N–H and O–H groups in total. The molecule has 0 aliphatic heterocycles. The molecule has 0 aromatic carbocycles. The summed E-state index contributed by atoms with van der Waals surface area (Å²) in [6, 6.07) is 4.01. The zero-order chi connectivity index (χ0) is 9.97. The average Bonchev–Trinajstić information content (AvgIpc) is 2.61. The molecule has 14 heavy (non-hydrogen) atoms. The molecule has 0 fully saturated rings. The Bertz CT molecular complexity index is 436. The van der Waals surface area contributed by atoms with Crippen molar-refractivity contribution in [3.63, 3.8) is 0 Å². The van der Waals surface area contributed by atoms with Crippen LogP contribution in [0.15, 0.2) is 24.5 Å². The summed E-state index contributed by atoms with van der Waals surface area (Å²) < 4.78 is 6.91. The summed E-state index contributed by atoms with van der Waals surface area (Å²) >= 11 is 0. The highest BCUT2D eigenvalue weighted by atomic mass is 16.5. The minimum Gasteiger partial charge on any atom is -0.380 e. The van der Waals surface area contributed by atoms with Crippen LogP contribution in [0.2, 0.25) is 0 Å². The molecule has 0 aliphatic carbocycles. The molecule has 2 heterocycles. The maximum absolute atomic E-state index is 5.57. The van der Waals surface area contributed by atoms with E-state index in [2.05, 4.69) is 5.10 Å². The molecular formula is C10H13N3O. The van der Waals surface area contributed by atoms with Crippen LogP contribution in [-0.2, 0) is 17.9 Å². The molecule has 2 aromatic rings. The fraction of sp³-hybridized carbons (Fsp3) is 0.300. The summed E-state index contributed by atoms with van der Waals surface area (Å²) in [7, 11) is 1.68. The van der Waals surface area contributed by atoms with E-state index in [9.17, 15) is 0 Å². The maximum Gasteiger partial charge on any atom is 0.0750 e. The molecule has 4 nitrogen and oxygen atoms in total. The Morgan fingerprint density at radius 3 is 3.14 bits per heavy atom. The van der Waals surface area contributed by atoms with Gasteiger partial charge in [0.15, 0.2) is 0 Å². The first-order chi connectivity index (χ1) is 6.85. The van der Waals surface area contributed by atoms with Gasteiger partial charge in [-0.3, -0.25) is 0 Å². The molecule has 4 heteroatoms. The Hall–Kier alpha value is -1.39. The highest BCUT2D eigenvalue weighted by Crippen LogP contribution is 2.13. The Morgan fingerprint density at radius 2 is 2.43 bits per heavy atom. The largest absolute Gasteiger partial charge is 0.380 e. The summed E-state index contributed by atoms with van der Waals surface area (Å²) in [5.74, 6) is 0. The Balaban J connectivity index is 2.52. The third-order valence-electron chi connectivity index (χ3n) is 2.20. The predicted octanol–water partition coefficient (Wildman–Crippen LogP) is 0.939. The average molecular weight is 191 g/mol. The van der Waals surface area contributed by atoms with Crippen LogP contribution in [-0.4, -0.2) is 16.7 Å². The SMILES string of the molecule is COCc1cnn2ccc(CN)cc12. The van der Waals surface area contributed by atoms with Crippen LogP contribution < -0.4 is 5.73 Å². The Morgan fingerprint density at radius 1 is 1.57 bits per heavy atom. The van der Waals surface area contributed by atoms with Crippen LogP contribution in [0.4, 0.5) is 0 Å². The number of nitrogens with two attached hydrogens (primary N) is 1. The third kappa shape index (κ3) is 1.49. The highest BCUT2D eigenvalue weighted by Gasteiger charge is 2.03. The van der Waals surface area contributed by atoms with Gasteiger partial charge in [-0.2, -0.15) is 5.10 Å². The monoisotopic (exact) mass is 191 g/mol. The van der Waals surface area contributed by atoms with E-state index in [1.54, 1.807) is 7.11 Å². The molecule has 0 aliphatic rings. The zero-order valence-corrected chi connectivity index (χ0v) is 8.10. The minimum absolute atomic E-state index is 0.550. The normalized spacial score (nSPS) is 11.0. The van der Waals surface area contributed by atoms with Gasteiger partial charge in [0.05, 0.1) is 18.3 Å². The van der Waals surface area contributed by atoms with Crippen LogP contribution in [0.3, 0.4) is 0 Å². The van der Waals surface area contributed by atoms with Gasteiger partial charge in [-0.15, -0.1) is 0 Å². The number of hydrogen-bond donors (Lipinski definition) is 1. The van der Waals surface area contributed by atoms with E-state index in [0.717, 1.165) is 16.6 Å². The summed E-state index contributed by atoms with van der Waals surface area (Å²) in [4.78, 5) is 0. The van der Waals surface area contributed by atoms with Gasteiger partial charge in [-0.05, 0) is 17.7 Å². The topological polar surface area (TPSA) is 52.5 Å². The first-order valence-electron chi connectivity index (χ1n) is 4.49. The van der Waals surface area contributed by atoms with Crippen LogP contribution in [0.1, 0.15) is 11.1 Å². The van der Waals surface area contributed by atoms with Gasteiger partial charge in [0.1, 0.15) is 0 Å². The predicted molar refractivity (Wildman–Crippen MR) is 53.8 cm³/mol. The van der Waals surface area contributed by atoms with E-state index in [4.69, 9.17) is 10.5 Å². The Kier molecular flexibility index (Phi) is 2.47. The van der Waals surface area contributed by atoms with Gasteiger partial charge in [-0.25, -0.2) is 4.52 Å². The van der Waals surface area contributed by atoms with Crippen molar-refractivity contribution >= 4 is 5.52 Å². The molecule has 0 saturated heterocycles. The number of methoxy groups -OCH3 is 1. The second kappa shape index (κ2) is 3.77. The van der Waals surface area contributed by atoms with E-state index in [1.807, 2.05) is 29.0 Å². The van der Waals surface area contributed by atoms with Gasteiger partial charge in [0.25, 0.3) is 0 Å². The molecule has 2 rings (SSSR count). The maximum atomic E-state index is 5.57. The van der Waals surface area contributed by atoms with Crippen molar-refractivity contribution in [3.8, 4) is 0 Å². The summed E-state index contributed by atoms with van der Waals surface area (Å²) in [6.45, 7) is 1.13. The molecule has 74 valence electrons.